The first-order valence-electron chi connectivity index (χ1n) is 6.83. The molecule has 106 valence electrons. The monoisotopic (exact) mass is 281 g/mol. The molecule has 3 aromatic rings. The molecule has 0 saturated heterocycles. The van der Waals surface area contributed by atoms with Crippen LogP contribution in [-0.2, 0) is 0 Å². The van der Waals surface area contributed by atoms with E-state index < -0.39 is 0 Å². The molecule has 4 heteroatoms. The first-order chi connectivity index (χ1) is 10.2. The Bertz CT molecular complexity index is 786. The van der Waals surface area contributed by atoms with E-state index in [1.807, 2.05) is 38.2 Å². The summed E-state index contributed by atoms with van der Waals surface area (Å²) in [4.78, 5) is 8.62. The average Bonchev–Trinajstić information content (AvgIpc) is 2.50. The summed E-state index contributed by atoms with van der Waals surface area (Å²) in [5.74, 6) is -0.213. The van der Waals surface area contributed by atoms with Gasteiger partial charge in [-0.15, -0.1) is 0 Å². The third-order valence-corrected chi connectivity index (χ3v) is 3.66. The average molecular weight is 281 g/mol. The predicted molar refractivity (Wildman–Crippen MR) is 81.6 cm³/mol. The van der Waals surface area contributed by atoms with E-state index in [9.17, 15) is 4.39 Å². The number of rotatable bonds is 3. The fraction of sp³-hybridized carbons (Fsp3) is 0.176. The summed E-state index contributed by atoms with van der Waals surface area (Å²) in [5.41, 5.74) is 4.79. The van der Waals surface area contributed by atoms with Gasteiger partial charge in [-0.05, 0) is 54.9 Å². The summed E-state index contributed by atoms with van der Waals surface area (Å²) in [6.45, 7) is 1.92. The van der Waals surface area contributed by atoms with Crippen molar-refractivity contribution in [1.82, 2.24) is 15.3 Å². The lowest BCUT2D eigenvalue weighted by Gasteiger charge is -2.19. The fourth-order valence-corrected chi connectivity index (χ4v) is 2.62. The lowest BCUT2D eigenvalue weighted by Crippen LogP contribution is -2.18. The second-order valence-electron chi connectivity index (χ2n) is 5.03. The van der Waals surface area contributed by atoms with Crippen LogP contribution in [-0.4, -0.2) is 17.0 Å². The predicted octanol–water partition coefficient (Wildman–Crippen LogP) is 3.39. The first-order valence-corrected chi connectivity index (χ1v) is 6.83. The van der Waals surface area contributed by atoms with Crippen molar-refractivity contribution in [3.05, 3.63) is 71.3 Å². The molecule has 3 rings (SSSR count). The van der Waals surface area contributed by atoms with Crippen molar-refractivity contribution in [2.24, 2.45) is 0 Å². The van der Waals surface area contributed by atoms with Gasteiger partial charge >= 0.3 is 0 Å². The smallest absolute Gasteiger partial charge is 0.123 e. The van der Waals surface area contributed by atoms with Gasteiger partial charge in [0.25, 0.3) is 0 Å². The summed E-state index contributed by atoms with van der Waals surface area (Å²) in [6.07, 6.45) is 3.37. The molecule has 2 aromatic carbocycles. The van der Waals surface area contributed by atoms with E-state index in [1.165, 1.54) is 6.07 Å². The largest absolute Gasteiger partial charge is 0.309 e. The lowest BCUT2D eigenvalue weighted by atomic mass is 9.94. The van der Waals surface area contributed by atoms with Crippen molar-refractivity contribution in [1.29, 1.82) is 0 Å². The molecule has 1 N–H and O–H groups in total. The highest BCUT2D eigenvalue weighted by molar-refractivity contribution is 5.74. The third-order valence-electron chi connectivity index (χ3n) is 3.66. The van der Waals surface area contributed by atoms with E-state index in [-0.39, 0.29) is 11.9 Å². The van der Waals surface area contributed by atoms with Gasteiger partial charge in [-0.1, -0.05) is 12.1 Å². The van der Waals surface area contributed by atoms with Gasteiger partial charge in [-0.25, -0.2) is 4.39 Å². The Labute approximate surface area is 122 Å². The summed E-state index contributed by atoms with van der Waals surface area (Å²) < 4.78 is 13.3. The molecule has 1 aromatic heterocycles. The van der Waals surface area contributed by atoms with Crippen LogP contribution < -0.4 is 5.32 Å². The Morgan fingerprint density at radius 1 is 1.00 bits per heavy atom. The number of nitrogens with zero attached hydrogens (tertiary/aromatic N) is 2. The Hall–Kier alpha value is -2.33. The summed E-state index contributed by atoms with van der Waals surface area (Å²) in [5, 5.41) is 3.29. The fourth-order valence-electron chi connectivity index (χ4n) is 2.62. The molecule has 0 saturated carbocycles. The molecule has 1 heterocycles. The molecule has 0 fully saturated rings. The number of fused-ring (bicyclic) bond motifs is 1. The van der Waals surface area contributed by atoms with Crippen LogP contribution in [0, 0.1) is 12.7 Å². The lowest BCUT2D eigenvalue weighted by molar-refractivity contribution is 0.621. The Morgan fingerprint density at radius 3 is 2.48 bits per heavy atom. The maximum atomic E-state index is 13.3. The number of halogens is 1. The van der Waals surface area contributed by atoms with Gasteiger partial charge in [0.1, 0.15) is 5.82 Å². The molecule has 0 aliphatic carbocycles. The van der Waals surface area contributed by atoms with Crippen LogP contribution in [0.25, 0.3) is 11.0 Å². The van der Waals surface area contributed by atoms with Crippen LogP contribution >= 0.6 is 0 Å². The van der Waals surface area contributed by atoms with Crippen LogP contribution in [0.2, 0.25) is 0 Å². The van der Waals surface area contributed by atoms with E-state index in [0.29, 0.717) is 0 Å². The van der Waals surface area contributed by atoms with Crippen LogP contribution in [0.4, 0.5) is 4.39 Å². The Morgan fingerprint density at radius 2 is 1.76 bits per heavy atom. The molecule has 0 spiro atoms. The third kappa shape index (κ3) is 2.62. The second-order valence-corrected chi connectivity index (χ2v) is 5.03. The van der Waals surface area contributed by atoms with Gasteiger partial charge in [-0.2, -0.15) is 0 Å². The van der Waals surface area contributed by atoms with E-state index >= 15 is 0 Å². The molecule has 0 aliphatic rings. The second kappa shape index (κ2) is 5.58. The molecule has 1 unspecified atom stereocenters. The number of aromatic nitrogens is 2. The minimum Gasteiger partial charge on any atom is -0.309 e. The first kappa shape index (κ1) is 13.6. The number of aryl methyl sites for hydroxylation is 1. The minimum absolute atomic E-state index is 0.00277. The van der Waals surface area contributed by atoms with Crippen LogP contribution in [0.3, 0.4) is 0 Å². The number of hydrogen-bond acceptors (Lipinski definition) is 3. The van der Waals surface area contributed by atoms with Crippen molar-refractivity contribution < 1.29 is 4.39 Å². The van der Waals surface area contributed by atoms with Crippen molar-refractivity contribution in [3.63, 3.8) is 0 Å². The number of hydrogen-bond donors (Lipinski definition) is 1. The summed E-state index contributed by atoms with van der Waals surface area (Å²) >= 11 is 0. The van der Waals surface area contributed by atoms with Crippen molar-refractivity contribution in [3.8, 4) is 0 Å². The van der Waals surface area contributed by atoms with Crippen LogP contribution in [0.1, 0.15) is 22.7 Å². The van der Waals surface area contributed by atoms with E-state index in [0.717, 1.165) is 27.7 Å². The highest BCUT2D eigenvalue weighted by Gasteiger charge is 2.15. The van der Waals surface area contributed by atoms with E-state index in [1.54, 1.807) is 18.5 Å². The molecule has 0 bridgehead atoms. The summed E-state index contributed by atoms with van der Waals surface area (Å²) in [7, 11) is 1.90. The van der Waals surface area contributed by atoms with Crippen LogP contribution in [0.15, 0.2) is 48.8 Å². The zero-order chi connectivity index (χ0) is 14.8. The van der Waals surface area contributed by atoms with Gasteiger partial charge < -0.3 is 5.32 Å². The van der Waals surface area contributed by atoms with Gasteiger partial charge in [0, 0.05) is 12.4 Å². The molecule has 0 aliphatic heterocycles. The Balaban J connectivity index is 2.09. The molecule has 0 radical (unpaired) electrons. The van der Waals surface area contributed by atoms with E-state index in [4.69, 9.17) is 0 Å². The molecule has 1 atom stereocenters. The zero-order valence-electron chi connectivity index (χ0n) is 12.0. The summed E-state index contributed by atoms with van der Waals surface area (Å²) in [6, 6.07) is 10.9. The quantitative estimate of drug-likeness (QED) is 0.799. The molecular weight excluding hydrogens is 265 g/mol. The minimum atomic E-state index is -0.213. The zero-order valence-corrected chi connectivity index (χ0v) is 12.0. The van der Waals surface area contributed by atoms with Gasteiger partial charge in [0.2, 0.25) is 0 Å². The van der Waals surface area contributed by atoms with Crippen molar-refractivity contribution in [2.45, 2.75) is 13.0 Å². The van der Waals surface area contributed by atoms with Crippen molar-refractivity contribution in [2.75, 3.05) is 7.05 Å². The molecule has 21 heavy (non-hydrogen) atoms. The highest BCUT2D eigenvalue weighted by Crippen LogP contribution is 2.26. The van der Waals surface area contributed by atoms with Gasteiger partial charge in [0.15, 0.2) is 0 Å². The number of benzene rings is 2. The maximum Gasteiger partial charge on any atom is 0.123 e. The molecule has 0 amide bonds. The standard InChI is InChI=1S/C17H16FN3/c1-11-9-13(18)4-5-14(11)17(19-2)12-3-6-15-16(10-12)21-8-7-20-15/h3-10,17,19H,1-2H3. The van der Waals surface area contributed by atoms with E-state index in [2.05, 4.69) is 15.3 Å². The topological polar surface area (TPSA) is 37.8 Å². The SMILES string of the molecule is CNC(c1ccc2nccnc2c1)c1ccc(F)cc1C. The number of nitrogens with one attached hydrogen (secondary N) is 1. The van der Waals surface area contributed by atoms with Crippen LogP contribution in [0.5, 0.6) is 0 Å². The van der Waals surface area contributed by atoms with Crippen molar-refractivity contribution >= 4 is 11.0 Å². The van der Waals surface area contributed by atoms with Gasteiger partial charge in [-0.3, -0.25) is 9.97 Å². The van der Waals surface area contributed by atoms with Gasteiger partial charge in [0.05, 0.1) is 17.1 Å². The normalized spacial score (nSPS) is 12.5. The molecular formula is C17H16FN3. The Kier molecular flexibility index (Phi) is 3.62. The molecule has 3 nitrogen and oxygen atoms in total. The maximum absolute atomic E-state index is 13.3. The highest BCUT2D eigenvalue weighted by atomic mass is 19.1.